The van der Waals surface area contributed by atoms with Crippen molar-refractivity contribution < 1.29 is 13.2 Å². The van der Waals surface area contributed by atoms with Gasteiger partial charge in [-0.05, 0) is 30.3 Å². The maximum atomic E-state index is 11.5. The summed E-state index contributed by atoms with van der Waals surface area (Å²) in [4.78, 5) is 1.74. The van der Waals surface area contributed by atoms with Gasteiger partial charge in [0.05, 0.1) is 16.8 Å². The van der Waals surface area contributed by atoms with Crippen molar-refractivity contribution in [2.75, 3.05) is 6.26 Å². The maximum absolute atomic E-state index is 11.5. The monoisotopic (exact) mass is 329 g/mol. The van der Waals surface area contributed by atoms with Gasteiger partial charge in [-0.2, -0.15) is 9.90 Å². The van der Waals surface area contributed by atoms with E-state index in [9.17, 15) is 8.42 Å². The molecular formula is C16H15N3O3S. The summed E-state index contributed by atoms with van der Waals surface area (Å²) in [7, 11) is -3.25. The molecule has 0 fully saturated rings. The Morgan fingerprint density at radius 2 is 1.87 bits per heavy atom. The average Bonchev–Trinajstić information content (AvgIpc) is 3.02. The van der Waals surface area contributed by atoms with Gasteiger partial charge < -0.3 is 4.74 Å². The van der Waals surface area contributed by atoms with Crippen molar-refractivity contribution >= 4 is 9.84 Å². The Balaban J connectivity index is 1.71. The molecule has 0 N–H and O–H groups in total. The van der Waals surface area contributed by atoms with Gasteiger partial charge in [0.15, 0.2) is 9.84 Å². The Hall–Kier alpha value is -2.67. The van der Waals surface area contributed by atoms with Gasteiger partial charge in [-0.3, -0.25) is 0 Å². The van der Waals surface area contributed by atoms with E-state index in [-0.39, 0.29) is 11.5 Å². The largest absolute Gasteiger partial charge is 0.487 e. The number of ether oxygens (including phenoxy) is 1. The second-order valence-electron chi connectivity index (χ2n) is 5.00. The lowest BCUT2D eigenvalue weighted by Gasteiger charge is -2.05. The molecule has 0 saturated carbocycles. The van der Waals surface area contributed by atoms with Gasteiger partial charge in [0.1, 0.15) is 18.1 Å². The zero-order chi connectivity index (χ0) is 16.3. The topological polar surface area (TPSA) is 74.1 Å². The molecule has 0 atom stereocenters. The minimum atomic E-state index is -3.25. The first-order chi connectivity index (χ1) is 11.0. The molecular weight excluding hydrogens is 314 g/mol. The smallest absolute Gasteiger partial charge is 0.175 e. The predicted molar refractivity (Wildman–Crippen MR) is 85.2 cm³/mol. The summed E-state index contributed by atoms with van der Waals surface area (Å²) in [6.45, 7) is 0.208. The molecule has 1 heterocycles. The third-order valence-corrected chi connectivity index (χ3v) is 4.26. The van der Waals surface area contributed by atoms with Gasteiger partial charge in [0.25, 0.3) is 0 Å². The van der Waals surface area contributed by atoms with Gasteiger partial charge in [0, 0.05) is 6.26 Å². The number of hydrogen-bond acceptors (Lipinski definition) is 5. The zero-order valence-electron chi connectivity index (χ0n) is 12.5. The molecule has 0 saturated heterocycles. The molecule has 7 heteroatoms. The van der Waals surface area contributed by atoms with E-state index in [0.29, 0.717) is 11.4 Å². The highest BCUT2D eigenvalue weighted by atomic mass is 32.2. The highest BCUT2D eigenvalue weighted by molar-refractivity contribution is 7.90. The number of rotatable bonds is 5. The number of nitrogens with zero attached hydrogens (tertiary/aromatic N) is 3. The van der Waals surface area contributed by atoms with Gasteiger partial charge in [-0.25, -0.2) is 8.42 Å². The van der Waals surface area contributed by atoms with Gasteiger partial charge in [-0.15, -0.1) is 5.10 Å². The lowest BCUT2D eigenvalue weighted by molar-refractivity contribution is 0.299. The fourth-order valence-corrected chi connectivity index (χ4v) is 2.65. The highest BCUT2D eigenvalue weighted by Gasteiger charge is 2.09. The van der Waals surface area contributed by atoms with Crippen molar-refractivity contribution in [1.82, 2.24) is 15.0 Å². The molecule has 3 aromatic rings. The van der Waals surface area contributed by atoms with E-state index >= 15 is 0 Å². The minimum Gasteiger partial charge on any atom is -0.487 e. The summed E-state index contributed by atoms with van der Waals surface area (Å²) in [5.74, 6) is 0.474. The molecule has 0 aliphatic carbocycles. The van der Waals surface area contributed by atoms with Crippen molar-refractivity contribution in [3.05, 3.63) is 66.5 Å². The molecule has 118 valence electrons. The normalized spacial score (nSPS) is 11.3. The first kappa shape index (κ1) is 15.2. The van der Waals surface area contributed by atoms with Crippen LogP contribution >= 0.6 is 0 Å². The Morgan fingerprint density at radius 1 is 1.09 bits per heavy atom. The van der Waals surface area contributed by atoms with E-state index < -0.39 is 9.84 Å². The van der Waals surface area contributed by atoms with Crippen LogP contribution in [0.5, 0.6) is 5.75 Å². The minimum absolute atomic E-state index is 0.208. The molecule has 0 spiro atoms. The summed E-state index contributed by atoms with van der Waals surface area (Å²) in [5, 5.41) is 8.51. The Labute approximate surface area is 134 Å². The van der Waals surface area contributed by atoms with Crippen LogP contribution in [0, 0.1) is 0 Å². The van der Waals surface area contributed by atoms with E-state index in [2.05, 4.69) is 10.2 Å². The number of sulfone groups is 1. The van der Waals surface area contributed by atoms with E-state index in [0.717, 1.165) is 11.9 Å². The summed E-state index contributed by atoms with van der Waals surface area (Å²) in [6.07, 6.45) is 2.78. The Kier molecular flexibility index (Phi) is 4.12. The van der Waals surface area contributed by atoms with Gasteiger partial charge in [0.2, 0.25) is 0 Å². The first-order valence-electron chi connectivity index (χ1n) is 6.92. The molecule has 3 rings (SSSR count). The van der Waals surface area contributed by atoms with Gasteiger partial charge in [-0.1, -0.05) is 24.3 Å². The molecule has 0 amide bonds. The van der Waals surface area contributed by atoms with Crippen molar-refractivity contribution in [2.24, 2.45) is 0 Å². The van der Waals surface area contributed by atoms with Crippen LogP contribution in [0.4, 0.5) is 0 Å². The molecule has 2 aromatic carbocycles. The standard InChI is InChI=1S/C16H15N3O3S/c1-23(20,21)16-9-5-8-15(10-16)22-12-13-11-17-19(18-13)14-6-3-2-4-7-14/h2-11H,12H2,1H3. The van der Waals surface area contributed by atoms with Crippen LogP contribution in [0.25, 0.3) is 5.69 Å². The molecule has 0 aliphatic heterocycles. The summed E-state index contributed by atoms with van der Waals surface area (Å²) < 4.78 is 28.7. The van der Waals surface area contributed by atoms with Crippen LogP contribution in [0.2, 0.25) is 0 Å². The molecule has 0 aliphatic rings. The van der Waals surface area contributed by atoms with Crippen molar-refractivity contribution in [1.29, 1.82) is 0 Å². The number of aromatic nitrogens is 3. The fourth-order valence-electron chi connectivity index (χ4n) is 2.00. The highest BCUT2D eigenvalue weighted by Crippen LogP contribution is 2.18. The predicted octanol–water partition coefficient (Wildman–Crippen LogP) is 2.25. The molecule has 0 bridgehead atoms. The molecule has 6 nitrogen and oxygen atoms in total. The Bertz CT molecular complexity index is 905. The summed E-state index contributed by atoms with van der Waals surface area (Å²) >= 11 is 0. The second kappa shape index (κ2) is 6.21. The van der Waals surface area contributed by atoms with E-state index in [4.69, 9.17) is 4.74 Å². The van der Waals surface area contributed by atoms with Crippen LogP contribution in [-0.2, 0) is 16.4 Å². The lowest BCUT2D eigenvalue weighted by atomic mass is 10.3. The molecule has 1 aromatic heterocycles. The van der Waals surface area contributed by atoms with Gasteiger partial charge >= 0.3 is 0 Å². The molecule has 0 radical (unpaired) electrons. The quantitative estimate of drug-likeness (QED) is 0.718. The zero-order valence-corrected chi connectivity index (χ0v) is 13.3. The van der Waals surface area contributed by atoms with E-state index in [1.54, 1.807) is 18.3 Å². The number of benzene rings is 2. The average molecular weight is 329 g/mol. The maximum Gasteiger partial charge on any atom is 0.175 e. The molecule has 23 heavy (non-hydrogen) atoms. The lowest BCUT2D eigenvalue weighted by Crippen LogP contribution is -2.02. The third kappa shape index (κ3) is 3.75. The van der Waals surface area contributed by atoms with Crippen LogP contribution in [0.3, 0.4) is 0 Å². The van der Waals surface area contributed by atoms with Crippen LogP contribution in [-0.4, -0.2) is 29.7 Å². The second-order valence-corrected chi connectivity index (χ2v) is 7.01. The van der Waals surface area contributed by atoms with Crippen molar-refractivity contribution in [3.63, 3.8) is 0 Å². The van der Waals surface area contributed by atoms with Crippen molar-refractivity contribution in [2.45, 2.75) is 11.5 Å². The van der Waals surface area contributed by atoms with Crippen LogP contribution < -0.4 is 4.74 Å². The Morgan fingerprint density at radius 3 is 2.61 bits per heavy atom. The van der Waals surface area contributed by atoms with Crippen molar-refractivity contribution in [3.8, 4) is 11.4 Å². The summed E-state index contributed by atoms with van der Waals surface area (Å²) in [6, 6.07) is 15.9. The van der Waals surface area contributed by atoms with Crippen LogP contribution in [0.15, 0.2) is 65.7 Å². The SMILES string of the molecule is CS(=O)(=O)c1cccc(OCc2cnn(-c3ccccc3)n2)c1. The van der Waals surface area contributed by atoms with Crippen LogP contribution in [0.1, 0.15) is 5.69 Å². The first-order valence-corrected chi connectivity index (χ1v) is 8.81. The van der Waals surface area contributed by atoms with E-state index in [1.807, 2.05) is 30.3 Å². The van der Waals surface area contributed by atoms with E-state index in [1.165, 1.54) is 16.9 Å². The number of hydrogen-bond donors (Lipinski definition) is 0. The molecule has 0 unspecified atom stereocenters. The third-order valence-electron chi connectivity index (χ3n) is 3.15. The number of para-hydroxylation sites is 1. The summed E-state index contributed by atoms with van der Waals surface area (Å²) in [5.41, 5.74) is 1.51. The fraction of sp³-hybridized carbons (Fsp3) is 0.125.